The number of Topliss-reactive ketones (excluding diaryl/α,β-unsaturated/α-hetero) is 1. The van der Waals surface area contributed by atoms with E-state index in [9.17, 15) is 19.2 Å². The van der Waals surface area contributed by atoms with Crippen molar-refractivity contribution in [1.29, 1.82) is 0 Å². The second kappa shape index (κ2) is 14.4. The number of ether oxygens (including phenoxy) is 2. The molecule has 11 heteroatoms. The van der Waals surface area contributed by atoms with Crippen molar-refractivity contribution in [2.45, 2.75) is 71.6 Å². The molecule has 31 heavy (non-hydrogen) atoms. The summed E-state index contributed by atoms with van der Waals surface area (Å²) in [5.41, 5.74) is 13.0. The first-order chi connectivity index (χ1) is 14.4. The van der Waals surface area contributed by atoms with Gasteiger partial charge in [-0.2, -0.15) is 4.79 Å². The lowest BCUT2D eigenvalue weighted by atomic mass is 10.0. The van der Waals surface area contributed by atoms with Crippen LogP contribution in [-0.4, -0.2) is 72.0 Å². The van der Waals surface area contributed by atoms with E-state index in [-0.39, 0.29) is 38.5 Å². The van der Waals surface area contributed by atoms with E-state index in [4.69, 9.17) is 20.7 Å². The predicted molar refractivity (Wildman–Crippen MR) is 113 cm³/mol. The maximum atomic E-state index is 12.8. The van der Waals surface area contributed by atoms with Crippen molar-refractivity contribution in [2.75, 3.05) is 19.8 Å². The Morgan fingerprint density at radius 2 is 1.77 bits per heavy atom. The van der Waals surface area contributed by atoms with Crippen LogP contribution in [0.15, 0.2) is 0 Å². The highest BCUT2D eigenvalue weighted by Crippen LogP contribution is 2.12. The van der Waals surface area contributed by atoms with Gasteiger partial charge < -0.3 is 31.4 Å². The summed E-state index contributed by atoms with van der Waals surface area (Å²) in [4.78, 5) is 51.8. The van der Waals surface area contributed by atoms with Crippen molar-refractivity contribution in [1.82, 2.24) is 10.6 Å². The molecular weight excluding hydrogens is 406 g/mol. The molecule has 0 aromatic carbocycles. The van der Waals surface area contributed by atoms with Crippen molar-refractivity contribution >= 4 is 29.8 Å². The number of amides is 2. The van der Waals surface area contributed by atoms with Crippen LogP contribution in [0.25, 0.3) is 5.53 Å². The van der Waals surface area contributed by atoms with Gasteiger partial charge in [0.2, 0.25) is 17.6 Å². The number of carbonyl (C=O) groups is 4. The Labute approximate surface area is 183 Å². The lowest BCUT2D eigenvalue weighted by Gasteiger charge is -2.26. The molecule has 0 aromatic rings. The summed E-state index contributed by atoms with van der Waals surface area (Å²) in [7, 11) is 0. The maximum Gasteiger partial charge on any atom is 0.329 e. The Hall–Kier alpha value is -2.62. The monoisotopic (exact) mass is 441 g/mol. The highest BCUT2D eigenvalue weighted by atomic mass is 16.6. The summed E-state index contributed by atoms with van der Waals surface area (Å²) in [5, 5.41) is 5.16. The Bertz CT molecular complexity index is 667. The predicted octanol–water partition coefficient (Wildman–Crippen LogP) is -0.0310. The molecule has 176 valence electrons. The summed E-state index contributed by atoms with van der Waals surface area (Å²) in [6.07, 6.45) is 0.832. The number of rotatable bonds is 14. The van der Waals surface area contributed by atoms with E-state index < -0.39 is 41.3 Å². The number of nitrogens with two attached hydrogens (primary N) is 1. The summed E-state index contributed by atoms with van der Waals surface area (Å²) in [5.74, 6) is -2.23. The number of hydrogen-bond donors (Lipinski definition) is 3. The third-order valence-electron chi connectivity index (χ3n) is 3.74. The molecule has 0 unspecified atom stereocenters. The third kappa shape index (κ3) is 14.1. The zero-order valence-electron chi connectivity index (χ0n) is 19.0. The molecule has 11 nitrogen and oxygen atoms in total. The molecule has 0 bridgehead atoms. The molecular formula is C20H35N5O6. The minimum absolute atomic E-state index is 0.0620. The Balaban J connectivity index is 5.32. The van der Waals surface area contributed by atoms with E-state index in [1.165, 1.54) is 0 Å². The Morgan fingerprint density at radius 1 is 1.13 bits per heavy atom. The van der Waals surface area contributed by atoms with Gasteiger partial charge in [0, 0.05) is 13.0 Å². The van der Waals surface area contributed by atoms with Gasteiger partial charge in [0.25, 0.3) is 0 Å². The summed E-state index contributed by atoms with van der Waals surface area (Å²) in [6.45, 7) is 9.03. The largest absolute Gasteiger partial charge is 0.458 e. The number of esters is 1. The van der Waals surface area contributed by atoms with Crippen LogP contribution in [0.3, 0.4) is 0 Å². The van der Waals surface area contributed by atoms with Gasteiger partial charge in [0.05, 0.1) is 6.61 Å². The molecule has 4 N–H and O–H groups in total. The normalized spacial score (nSPS) is 13.0. The van der Waals surface area contributed by atoms with Crippen LogP contribution < -0.4 is 16.4 Å². The molecule has 0 aliphatic rings. The summed E-state index contributed by atoms with van der Waals surface area (Å²) >= 11 is 0. The van der Waals surface area contributed by atoms with Gasteiger partial charge in [0.1, 0.15) is 24.3 Å². The average Bonchev–Trinajstić information content (AvgIpc) is 2.63. The average molecular weight is 442 g/mol. The van der Waals surface area contributed by atoms with Crippen molar-refractivity contribution in [3.05, 3.63) is 5.53 Å². The summed E-state index contributed by atoms with van der Waals surface area (Å²) < 4.78 is 10.4. The first-order valence-corrected chi connectivity index (χ1v) is 10.2. The molecule has 2 amide bonds. The molecule has 0 aromatic heterocycles. The Kier molecular flexibility index (Phi) is 13.2. The smallest absolute Gasteiger partial charge is 0.329 e. The zero-order valence-corrected chi connectivity index (χ0v) is 19.0. The Morgan fingerprint density at radius 3 is 2.29 bits per heavy atom. The standard InChI is InChI=1S/C20H35N5O6/c1-13(2)10-16(24-17(27)12-30-9-8-21)18(28)25-15(7-6-14(26)11-23-22)19(29)31-20(3,4)5/h11,13,15-16H,6-10,12,21H2,1-5H3,(H,24,27)(H,25,28)/t15-,16-/m0/s1. The molecule has 0 saturated heterocycles. The van der Waals surface area contributed by atoms with Crippen LogP contribution in [0, 0.1) is 5.92 Å². The van der Waals surface area contributed by atoms with Gasteiger partial charge in [-0.1, -0.05) is 13.8 Å². The molecule has 0 radical (unpaired) electrons. The lowest BCUT2D eigenvalue weighted by molar-refractivity contribution is -0.159. The first kappa shape index (κ1) is 28.4. The third-order valence-corrected chi connectivity index (χ3v) is 3.74. The second-order valence-electron chi connectivity index (χ2n) is 8.44. The molecule has 0 spiro atoms. The van der Waals surface area contributed by atoms with Crippen molar-refractivity contribution in [2.24, 2.45) is 11.7 Å². The maximum absolute atomic E-state index is 12.8. The second-order valence-corrected chi connectivity index (χ2v) is 8.44. The van der Waals surface area contributed by atoms with Gasteiger partial charge >= 0.3 is 12.2 Å². The minimum atomic E-state index is -1.12. The van der Waals surface area contributed by atoms with E-state index in [1.807, 2.05) is 13.8 Å². The molecule has 0 fully saturated rings. The number of hydrogen-bond acceptors (Lipinski definition) is 7. The van der Waals surface area contributed by atoms with Gasteiger partial charge in [-0.25, -0.2) is 4.79 Å². The molecule has 0 aliphatic carbocycles. The van der Waals surface area contributed by atoms with Gasteiger partial charge in [-0.15, -0.1) is 0 Å². The van der Waals surface area contributed by atoms with Crippen LogP contribution in [0.2, 0.25) is 0 Å². The van der Waals surface area contributed by atoms with Crippen molar-refractivity contribution < 1.29 is 33.4 Å². The topological polar surface area (TPSA) is 173 Å². The number of nitrogens with zero attached hydrogens (tertiary/aromatic N) is 2. The number of nitrogens with one attached hydrogen (secondary N) is 2. The van der Waals surface area contributed by atoms with Gasteiger partial charge in [-0.3, -0.25) is 14.4 Å². The zero-order chi connectivity index (χ0) is 24.0. The van der Waals surface area contributed by atoms with E-state index >= 15 is 0 Å². The lowest BCUT2D eigenvalue weighted by Crippen LogP contribution is -2.53. The van der Waals surface area contributed by atoms with Gasteiger partial charge in [0.15, 0.2) is 0 Å². The van der Waals surface area contributed by atoms with Crippen LogP contribution in [-0.2, 0) is 28.7 Å². The van der Waals surface area contributed by atoms with Crippen LogP contribution in [0.5, 0.6) is 0 Å². The molecule has 0 rings (SSSR count). The molecule has 2 atom stereocenters. The van der Waals surface area contributed by atoms with Crippen molar-refractivity contribution in [3.8, 4) is 0 Å². The van der Waals surface area contributed by atoms with E-state index in [1.54, 1.807) is 20.8 Å². The quantitative estimate of drug-likeness (QED) is 0.111. The highest BCUT2D eigenvalue weighted by Gasteiger charge is 2.30. The summed E-state index contributed by atoms with van der Waals surface area (Å²) in [6, 6.07) is -2.03. The minimum Gasteiger partial charge on any atom is -0.458 e. The molecule has 0 saturated carbocycles. The van der Waals surface area contributed by atoms with E-state index in [2.05, 4.69) is 15.4 Å². The number of carbonyl (C=O) groups excluding carboxylic acids is 4. The van der Waals surface area contributed by atoms with E-state index in [0.29, 0.717) is 6.42 Å². The van der Waals surface area contributed by atoms with Crippen LogP contribution in [0.1, 0.15) is 53.9 Å². The fourth-order valence-electron chi connectivity index (χ4n) is 2.50. The van der Waals surface area contributed by atoms with Crippen LogP contribution in [0.4, 0.5) is 0 Å². The molecule has 0 aliphatic heterocycles. The fraction of sp³-hybridized carbons (Fsp3) is 0.750. The first-order valence-electron chi connectivity index (χ1n) is 10.2. The number of ketones is 1. The van der Waals surface area contributed by atoms with Crippen LogP contribution >= 0.6 is 0 Å². The van der Waals surface area contributed by atoms with Gasteiger partial charge in [-0.05, 0) is 39.5 Å². The fourth-order valence-corrected chi connectivity index (χ4v) is 2.50. The highest BCUT2D eigenvalue weighted by molar-refractivity contribution is 6.25. The van der Waals surface area contributed by atoms with E-state index in [0.717, 1.165) is 6.21 Å². The van der Waals surface area contributed by atoms with Crippen molar-refractivity contribution in [3.63, 3.8) is 0 Å². The molecule has 0 heterocycles. The SMILES string of the molecule is CC(C)C[C@H](NC(=O)COCCN)C(=O)N[C@@H](CCC(=O)C=[N+]=[N-])C(=O)OC(C)(C)C.